The number of hydrogen-bond donors (Lipinski definition) is 1. The highest BCUT2D eigenvalue weighted by atomic mass is 16.3. The predicted molar refractivity (Wildman–Crippen MR) is 91.8 cm³/mol. The molecule has 1 aromatic heterocycles. The molecule has 0 amide bonds. The molecule has 0 aliphatic carbocycles. The summed E-state index contributed by atoms with van der Waals surface area (Å²) >= 11 is 0. The van der Waals surface area contributed by atoms with Crippen molar-refractivity contribution >= 4 is 16.7 Å². The summed E-state index contributed by atoms with van der Waals surface area (Å²) in [6.07, 6.45) is 0. The molecule has 0 unspecified atom stereocenters. The van der Waals surface area contributed by atoms with Gasteiger partial charge in [0.25, 0.3) is 0 Å². The largest absolute Gasteiger partial charge is 0.456 e. The number of nitrogens with one attached hydrogen (secondary N) is 1. The predicted octanol–water partition coefficient (Wildman–Crippen LogP) is 3.41. The molecule has 1 heterocycles. The Balaban J connectivity index is 2.01. The molecule has 110 valence electrons. The van der Waals surface area contributed by atoms with E-state index in [1.165, 1.54) is 0 Å². The van der Waals surface area contributed by atoms with Gasteiger partial charge in [-0.25, -0.2) is 4.99 Å². The molecule has 0 saturated carbocycles. The third-order valence-corrected chi connectivity index (χ3v) is 3.78. The lowest BCUT2D eigenvalue weighted by Crippen LogP contribution is -2.70. The molecule has 0 atom stereocenters. The number of hydrogen-bond acceptors (Lipinski definition) is 1. The highest BCUT2D eigenvalue weighted by Crippen LogP contribution is 2.21. The van der Waals surface area contributed by atoms with Crippen LogP contribution in [-0.4, -0.2) is 0 Å². The molecular formula is C21H16NO+. The quantitative estimate of drug-likeness (QED) is 0.603. The summed E-state index contributed by atoms with van der Waals surface area (Å²) in [4.78, 5) is 3.50. The van der Waals surface area contributed by atoms with Crippen molar-refractivity contribution in [3.05, 3.63) is 96.4 Å². The minimum absolute atomic E-state index is 0.850. The molecule has 0 radical (unpaired) electrons. The van der Waals surface area contributed by atoms with E-state index in [1.54, 1.807) is 0 Å². The van der Waals surface area contributed by atoms with Crippen LogP contribution < -0.4 is 10.3 Å². The zero-order valence-electron chi connectivity index (χ0n) is 12.6. The Labute approximate surface area is 134 Å². The third kappa shape index (κ3) is 2.79. The van der Waals surface area contributed by atoms with Crippen molar-refractivity contribution in [2.45, 2.75) is 0 Å². The van der Waals surface area contributed by atoms with Gasteiger partial charge < -0.3 is 4.42 Å². The van der Waals surface area contributed by atoms with Crippen LogP contribution in [0.1, 0.15) is 0 Å². The van der Waals surface area contributed by atoms with Crippen LogP contribution in [0.3, 0.4) is 0 Å². The van der Waals surface area contributed by atoms with Gasteiger partial charge >= 0.3 is 0 Å². The Kier molecular flexibility index (Phi) is 3.49. The average molecular weight is 298 g/mol. The van der Waals surface area contributed by atoms with Crippen molar-refractivity contribution in [3.8, 4) is 11.3 Å². The second-order valence-electron chi connectivity index (χ2n) is 5.38. The van der Waals surface area contributed by atoms with Crippen LogP contribution in [0.25, 0.3) is 22.3 Å². The molecule has 4 rings (SSSR count). The van der Waals surface area contributed by atoms with E-state index in [4.69, 9.17) is 4.42 Å². The van der Waals surface area contributed by atoms with E-state index >= 15 is 0 Å². The molecule has 3 aromatic carbocycles. The second kappa shape index (κ2) is 5.93. The van der Waals surface area contributed by atoms with Crippen LogP contribution in [-0.2, 0) is 0 Å². The first-order valence-corrected chi connectivity index (χ1v) is 7.63. The molecule has 0 aliphatic rings. The van der Waals surface area contributed by atoms with Gasteiger partial charge in [0.1, 0.15) is 11.3 Å². The molecule has 2 heteroatoms. The zero-order valence-corrected chi connectivity index (χ0v) is 12.6. The van der Waals surface area contributed by atoms with Gasteiger partial charge in [-0.1, -0.05) is 60.7 Å². The van der Waals surface area contributed by atoms with E-state index in [0.29, 0.717) is 0 Å². The first kappa shape index (κ1) is 13.5. The van der Waals surface area contributed by atoms with Gasteiger partial charge in [-0.2, -0.15) is 0 Å². The fourth-order valence-electron chi connectivity index (χ4n) is 2.66. The summed E-state index contributed by atoms with van der Waals surface area (Å²) < 4.78 is 6.09. The SMILES string of the molecule is c1ccc([NH+]=c2cc(-c3ccccc3)oc3ccccc23)cc1. The Hall–Kier alpha value is -3.13. The minimum Gasteiger partial charge on any atom is -0.456 e. The van der Waals surface area contributed by atoms with E-state index in [0.717, 1.165) is 33.3 Å². The number of fused-ring (bicyclic) bond motifs is 1. The van der Waals surface area contributed by atoms with Gasteiger partial charge in [-0.15, -0.1) is 0 Å². The van der Waals surface area contributed by atoms with Crippen molar-refractivity contribution in [3.63, 3.8) is 0 Å². The summed E-state index contributed by atoms with van der Waals surface area (Å²) in [5, 5.41) is 2.10. The van der Waals surface area contributed by atoms with E-state index in [1.807, 2.05) is 54.6 Å². The Morgan fingerprint density at radius 3 is 2.09 bits per heavy atom. The van der Waals surface area contributed by atoms with Crippen LogP contribution in [0.4, 0.5) is 5.69 Å². The maximum Gasteiger partial charge on any atom is 0.218 e. The highest BCUT2D eigenvalue weighted by Gasteiger charge is 2.08. The first-order chi connectivity index (χ1) is 11.4. The number of rotatable bonds is 2. The average Bonchev–Trinajstić information content (AvgIpc) is 2.63. The highest BCUT2D eigenvalue weighted by molar-refractivity contribution is 5.77. The Morgan fingerprint density at radius 1 is 0.652 bits per heavy atom. The molecule has 0 saturated heterocycles. The summed E-state index contributed by atoms with van der Waals surface area (Å²) in [5.41, 5.74) is 2.99. The monoisotopic (exact) mass is 298 g/mol. The fraction of sp³-hybridized carbons (Fsp3) is 0. The summed E-state index contributed by atoms with van der Waals surface area (Å²) in [6.45, 7) is 0. The standard InChI is InChI=1S/C21H15NO/c1-3-9-16(10-4-1)21-15-19(22-17-11-5-2-6-12-17)18-13-7-8-14-20(18)23-21/h1-15H/p+1. The van der Waals surface area contributed by atoms with Crippen LogP contribution >= 0.6 is 0 Å². The Morgan fingerprint density at radius 2 is 1.30 bits per heavy atom. The summed E-state index contributed by atoms with van der Waals surface area (Å²) in [5.74, 6) is 0.850. The van der Waals surface area contributed by atoms with Gasteiger partial charge in [0.15, 0.2) is 0 Å². The van der Waals surface area contributed by atoms with Crippen LogP contribution in [0, 0.1) is 0 Å². The van der Waals surface area contributed by atoms with Crippen LogP contribution in [0.15, 0.2) is 95.4 Å². The molecule has 2 nitrogen and oxygen atoms in total. The molecule has 4 aromatic rings. The van der Waals surface area contributed by atoms with Gasteiger partial charge in [-0.3, -0.25) is 0 Å². The fourth-order valence-corrected chi connectivity index (χ4v) is 2.66. The summed E-state index contributed by atoms with van der Waals surface area (Å²) in [6, 6.07) is 30.5. The molecule has 1 N–H and O–H groups in total. The van der Waals surface area contributed by atoms with Crippen molar-refractivity contribution in [1.29, 1.82) is 0 Å². The molecule has 0 fully saturated rings. The summed E-state index contributed by atoms with van der Waals surface area (Å²) in [7, 11) is 0. The van der Waals surface area contributed by atoms with Crippen molar-refractivity contribution in [1.82, 2.24) is 0 Å². The maximum atomic E-state index is 6.09. The van der Waals surface area contributed by atoms with Crippen molar-refractivity contribution in [2.24, 2.45) is 0 Å². The lowest BCUT2D eigenvalue weighted by molar-refractivity contribution is -0.400. The smallest absolute Gasteiger partial charge is 0.218 e. The van der Waals surface area contributed by atoms with E-state index in [2.05, 4.69) is 41.4 Å². The lowest BCUT2D eigenvalue weighted by atomic mass is 10.1. The molecule has 0 bridgehead atoms. The van der Waals surface area contributed by atoms with Crippen LogP contribution in [0.5, 0.6) is 0 Å². The van der Waals surface area contributed by atoms with Gasteiger partial charge in [0, 0.05) is 17.7 Å². The van der Waals surface area contributed by atoms with Gasteiger partial charge in [0.2, 0.25) is 11.0 Å². The van der Waals surface area contributed by atoms with Crippen molar-refractivity contribution < 1.29 is 9.41 Å². The number of para-hydroxylation sites is 2. The van der Waals surface area contributed by atoms with E-state index in [9.17, 15) is 0 Å². The van der Waals surface area contributed by atoms with Crippen molar-refractivity contribution in [2.75, 3.05) is 0 Å². The molecule has 0 spiro atoms. The minimum atomic E-state index is 0.850. The number of benzene rings is 3. The van der Waals surface area contributed by atoms with E-state index < -0.39 is 0 Å². The zero-order chi connectivity index (χ0) is 15.5. The first-order valence-electron chi connectivity index (χ1n) is 7.63. The third-order valence-electron chi connectivity index (χ3n) is 3.78. The molecular weight excluding hydrogens is 282 g/mol. The van der Waals surface area contributed by atoms with Crippen LogP contribution in [0.2, 0.25) is 0 Å². The van der Waals surface area contributed by atoms with E-state index in [-0.39, 0.29) is 0 Å². The normalized spacial score (nSPS) is 11.7. The second-order valence-corrected chi connectivity index (χ2v) is 5.38. The maximum absolute atomic E-state index is 6.09. The topological polar surface area (TPSA) is 27.1 Å². The molecule has 23 heavy (non-hydrogen) atoms. The van der Waals surface area contributed by atoms with Gasteiger partial charge in [0.05, 0.1) is 11.5 Å². The molecule has 0 aliphatic heterocycles. The lowest BCUT2D eigenvalue weighted by Gasteiger charge is -2.02. The Bertz CT molecular complexity index is 1000. The van der Waals surface area contributed by atoms with Gasteiger partial charge in [-0.05, 0) is 12.1 Å².